The van der Waals surface area contributed by atoms with Crippen LogP contribution in [0.2, 0.25) is 0 Å². The number of aliphatic hydroxyl groups excluding tert-OH is 2. The molecule has 0 unspecified atom stereocenters. The summed E-state index contributed by atoms with van der Waals surface area (Å²) in [6.45, 7) is 1.79. The van der Waals surface area contributed by atoms with Crippen molar-refractivity contribution in [2.24, 2.45) is 23.1 Å². The van der Waals surface area contributed by atoms with Crippen LogP contribution in [0.1, 0.15) is 46.0 Å². The molecule has 0 saturated heterocycles. The molecule has 21 nitrogen and oxygen atoms in total. The van der Waals surface area contributed by atoms with Crippen molar-refractivity contribution in [3.05, 3.63) is 0 Å². The molecule has 8 atom stereocenters. The van der Waals surface area contributed by atoms with Gasteiger partial charge < -0.3 is 64.4 Å². The number of carboxylic acid groups (broad SMARTS) is 1. The molecule has 0 aliphatic carbocycles. The third-order valence-electron chi connectivity index (χ3n) is 7.06. The van der Waals surface area contributed by atoms with Gasteiger partial charge in [-0.15, -0.1) is 0 Å². The van der Waals surface area contributed by atoms with Crippen LogP contribution in [0.15, 0.2) is 0 Å². The zero-order chi connectivity index (χ0) is 39.4. The third-order valence-corrected chi connectivity index (χ3v) is 7.97. The highest BCUT2D eigenvalue weighted by molar-refractivity contribution is 7.80. The van der Waals surface area contributed by atoms with Gasteiger partial charge in [0, 0.05) is 17.4 Å². The number of primary amides is 2. The molecule has 290 valence electrons. The first-order valence-corrected chi connectivity index (χ1v) is 16.9. The zero-order valence-electron chi connectivity index (χ0n) is 28.1. The molecule has 0 heterocycles. The second kappa shape index (κ2) is 24.1. The Morgan fingerprint density at radius 3 is 1.43 bits per heavy atom. The lowest BCUT2D eigenvalue weighted by Crippen LogP contribution is -2.61. The van der Waals surface area contributed by atoms with Crippen LogP contribution in [0.5, 0.6) is 0 Å². The van der Waals surface area contributed by atoms with Crippen molar-refractivity contribution in [1.82, 2.24) is 31.9 Å². The van der Waals surface area contributed by atoms with Gasteiger partial charge in [-0.1, -0.05) is 6.92 Å². The average Bonchev–Trinajstić information content (AvgIpc) is 3.05. The van der Waals surface area contributed by atoms with Gasteiger partial charge in [0.2, 0.25) is 47.3 Å². The lowest BCUT2D eigenvalue weighted by Gasteiger charge is -2.26. The Morgan fingerprint density at radius 1 is 0.608 bits per heavy atom. The maximum absolute atomic E-state index is 13.4. The summed E-state index contributed by atoms with van der Waals surface area (Å²) >= 11 is 7.97. The lowest BCUT2D eigenvalue weighted by atomic mass is 10.0. The Labute approximate surface area is 304 Å². The average molecular weight is 768 g/mol. The molecule has 0 aliphatic rings. The number of rotatable bonds is 25. The van der Waals surface area contributed by atoms with Crippen molar-refractivity contribution in [1.29, 1.82) is 0 Å². The van der Waals surface area contributed by atoms with Crippen molar-refractivity contribution in [2.45, 2.75) is 88.3 Å². The molecule has 0 aliphatic heterocycles. The summed E-state index contributed by atoms with van der Waals surface area (Å²) in [6, 6.07) is -9.69. The number of aliphatic hydroxyl groups is 2. The Morgan fingerprint density at radius 2 is 1.02 bits per heavy atom. The number of unbranched alkanes of at least 4 members (excludes halogenated alkanes) is 1. The lowest BCUT2D eigenvalue weighted by molar-refractivity contribution is -0.145. The van der Waals surface area contributed by atoms with Gasteiger partial charge in [0.1, 0.15) is 30.2 Å². The summed E-state index contributed by atoms with van der Waals surface area (Å²) < 4.78 is 0. The van der Waals surface area contributed by atoms with E-state index in [9.17, 15) is 58.5 Å². The van der Waals surface area contributed by atoms with Crippen molar-refractivity contribution < 1.29 is 58.5 Å². The number of carbonyl (C=O) groups is 9. The van der Waals surface area contributed by atoms with Crippen LogP contribution < -0.4 is 49.1 Å². The Kier molecular flexibility index (Phi) is 22.1. The van der Waals surface area contributed by atoms with E-state index in [1.165, 1.54) is 6.92 Å². The molecule has 0 aromatic heterocycles. The van der Waals surface area contributed by atoms with Crippen LogP contribution >= 0.6 is 25.3 Å². The minimum absolute atomic E-state index is 0.0589. The van der Waals surface area contributed by atoms with Crippen molar-refractivity contribution in [2.75, 3.05) is 24.7 Å². The summed E-state index contributed by atoms with van der Waals surface area (Å²) in [4.78, 5) is 112. The molecule has 0 spiro atoms. The monoisotopic (exact) mass is 767 g/mol. The van der Waals surface area contributed by atoms with Gasteiger partial charge >= 0.3 is 5.97 Å². The highest BCUT2D eigenvalue weighted by Crippen LogP contribution is 2.07. The maximum atomic E-state index is 13.4. The standard InChI is InChI=1S/C28H49N9O12S2/c1-12(10-50)22(42)33-15(7-19(30)40)24(44)32-14(5-3-4-6-29)23(43)34-16(8-20(31)41)25(45)35-17(9-38)26(46)36-18(11-51)27(47)37-21(13(2)39)28(48)49/h12-18,21,38-39,50-51H,3-11,29H2,1-2H3,(H2,30,40)(H2,31,41)(H,32,44)(H,33,42)(H,34,43)(H,35,45)(H,36,46)(H,37,47)(H,48,49)/t12-,13+,14-,15-,16-,17-,18-,21-/m0/s1. The summed E-state index contributed by atoms with van der Waals surface area (Å²) in [5.41, 5.74) is 16.1. The molecule has 0 bridgehead atoms. The molecular weight excluding hydrogens is 718 g/mol. The van der Waals surface area contributed by atoms with Crippen LogP contribution in [0.4, 0.5) is 0 Å². The Balaban J connectivity index is 6.03. The van der Waals surface area contributed by atoms with Crippen LogP contribution in [-0.4, -0.2) is 136 Å². The molecule has 8 amide bonds. The smallest absolute Gasteiger partial charge is 0.328 e. The Bertz CT molecular complexity index is 1260. The molecule has 0 aromatic carbocycles. The van der Waals surface area contributed by atoms with Gasteiger partial charge in [-0.3, -0.25) is 38.4 Å². The second-order valence-corrected chi connectivity index (χ2v) is 12.2. The number of thiol groups is 2. The third kappa shape index (κ3) is 17.5. The first-order chi connectivity index (χ1) is 23.8. The number of amides is 8. The summed E-state index contributed by atoms with van der Waals surface area (Å²) in [5, 5.41) is 41.9. The van der Waals surface area contributed by atoms with Crippen molar-refractivity contribution in [3.63, 3.8) is 0 Å². The highest BCUT2D eigenvalue weighted by Gasteiger charge is 2.34. The van der Waals surface area contributed by atoms with Crippen LogP contribution in [0.3, 0.4) is 0 Å². The van der Waals surface area contributed by atoms with Crippen LogP contribution in [0.25, 0.3) is 0 Å². The molecule has 51 heavy (non-hydrogen) atoms. The van der Waals surface area contributed by atoms with Crippen LogP contribution in [-0.2, 0) is 43.2 Å². The molecule has 0 radical (unpaired) electrons. The van der Waals surface area contributed by atoms with Crippen molar-refractivity contribution >= 4 is 78.5 Å². The number of nitrogens with two attached hydrogens (primary N) is 3. The van der Waals surface area contributed by atoms with E-state index in [2.05, 4.69) is 51.8 Å². The predicted octanol–water partition coefficient (Wildman–Crippen LogP) is -6.27. The molecule has 0 fully saturated rings. The minimum atomic E-state index is -1.79. The van der Waals surface area contributed by atoms with Gasteiger partial charge in [0.05, 0.1) is 25.6 Å². The summed E-state index contributed by atoms with van der Waals surface area (Å²) in [6.07, 6.45) is -2.33. The van der Waals surface area contributed by atoms with E-state index in [1.807, 2.05) is 5.32 Å². The van der Waals surface area contributed by atoms with E-state index < -0.39 is 121 Å². The minimum Gasteiger partial charge on any atom is -0.480 e. The fraction of sp³-hybridized carbons (Fsp3) is 0.679. The first-order valence-electron chi connectivity index (χ1n) is 15.7. The predicted molar refractivity (Wildman–Crippen MR) is 185 cm³/mol. The highest BCUT2D eigenvalue weighted by atomic mass is 32.1. The number of nitrogens with one attached hydrogen (secondary N) is 6. The molecular formula is C28H49N9O12S2. The van der Waals surface area contributed by atoms with E-state index in [1.54, 1.807) is 0 Å². The molecule has 0 rings (SSSR count). The van der Waals surface area contributed by atoms with Gasteiger partial charge in [-0.2, -0.15) is 25.3 Å². The van der Waals surface area contributed by atoms with Gasteiger partial charge in [0.25, 0.3) is 0 Å². The van der Waals surface area contributed by atoms with E-state index in [-0.39, 0.29) is 30.9 Å². The number of carbonyl (C=O) groups excluding carboxylic acids is 8. The van der Waals surface area contributed by atoms with E-state index in [0.29, 0.717) is 6.42 Å². The van der Waals surface area contributed by atoms with Gasteiger partial charge in [-0.05, 0) is 32.7 Å². The second-order valence-electron chi connectivity index (χ2n) is 11.4. The molecule has 0 aromatic rings. The quantitative estimate of drug-likeness (QED) is 0.0304. The fourth-order valence-corrected chi connectivity index (χ4v) is 4.52. The Hall–Kier alpha value is -4.19. The van der Waals surface area contributed by atoms with Gasteiger partial charge in [-0.25, -0.2) is 4.79 Å². The van der Waals surface area contributed by atoms with Gasteiger partial charge in [0.15, 0.2) is 6.04 Å². The summed E-state index contributed by atoms with van der Waals surface area (Å²) in [7, 11) is 0. The number of hydrogen-bond donors (Lipinski definition) is 14. The topological polar surface area (TPSA) is 365 Å². The fourth-order valence-electron chi connectivity index (χ4n) is 4.10. The zero-order valence-corrected chi connectivity index (χ0v) is 29.9. The largest absolute Gasteiger partial charge is 0.480 e. The maximum Gasteiger partial charge on any atom is 0.328 e. The van der Waals surface area contributed by atoms with E-state index in [0.717, 1.165) is 6.92 Å². The molecule has 23 heteroatoms. The van der Waals surface area contributed by atoms with E-state index in [4.69, 9.17) is 17.2 Å². The number of aliphatic carboxylic acids is 1. The first kappa shape index (κ1) is 46.8. The number of hydrogen-bond acceptors (Lipinski definition) is 14. The van der Waals surface area contributed by atoms with Crippen molar-refractivity contribution in [3.8, 4) is 0 Å². The SMILES string of the molecule is C[C@@H](CS)C(=O)N[C@@H](CC(N)=O)C(=O)N[C@@H](CCCCN)C(=O)N[C@@H](CC(N)=O)C(=O)N[C@@H](CO)C(=O)N[C@@H](CS)C(=O)N[C@H](C(=O)O)[C@@H](C)O. The van der Waals surface area contributed by atoms with Crippen LogP contribution in [0, 0.1) is 5.92 Å². The molecule has 15 N–H and O–H groups in total. The normalized spacial score (nSPS) is 15.6. The summed E-state index contributed by atoms with van der Waals surface area (Å²) in [5.74, 6) is -10.5. The molecule has 0 saturated carbocycles. The van der Waals surface area contributed by atoms with E-state index >= 15 is 0 Å². The number of carboxylic acids is 1.